The normalized spacial score (nSPS) is 9.92. The van der Waals surface area contributed by atoms with Crippen molar-refractivity contribution >= 4 is 44.9 Å². The van der Waals surface area contributed by atoms with Crippen LogP contribution in [0.5, 0.6) is 0 Å². The first-order valence-corrected chi connectivity index (χ1v) is 9.82. The number of halogens is 2. The lowest BCUT2D eigenvalue weighted by molar-refractivity contribution is -0.923. The van der Waals surface area contributed by atoms with Gasteiger partial charge >= 0.3 is 11.9 Å². The highest BCUT2D eigenvalue weighted by molar-refractivity contribution is 9.09. The average molecular weight is 502 g/mol. The van der Waals surface area contributed by atoms with E-state index in [0.717, 1.165) is 49.9 Å². The van der Waals surface area contributed by atoms with E-state index >= 15 is 0 Å². The molecule has 0 aliphatic carbocycles. The van der Waals surface area contributed by atoms with E-state index in [0.29, 0.717) is 16.5 Å². The zero-order valence-corrected chi connectivity index (χ0v) is 20.2. The number of carbonyl (C=O) groups excluding carboxylic acids is 2. The molecule has 0 bridgehead atoms. The molecule has 5 nitrogen and oxygen atoms in total. The monoisotopic (exact) mass is 500 g/mol. The van der Waals surface area contributed by atoms with Crippen LogP contribution in [0, 0.1) is 0 Å². The third-order valence-corrected chi connectivity index (χ3v) is 4.41. The van der Waals surface area contributed by atoms with Gasteiger partial charge in [-0.1, -0.05) is 49.9 Å². The van der Waals surface area contributed by atoms with Crippen molar-refractivity contribution in [2.75, 3.05) is 45.7 Å². The summed E-state index contributed by atoms with van der Waals surface area (Å²) in [6.45, 7) is 17.9. The molecule has 0 saturated heterocycles. The molecular weight excluding hydrogens is 466 g/mol. The molecular formula is C19H36Br2NO4+. The molecule has 0 spiro atoms. The van der Waals surface area contributed by atoms with Crippen LogP contribution in [0.4, 0.5) is 0 Å². The third-order valence-electron chi connectivity index (χ3n) is 3.73. The number of carbonyl (C=O) groups is 2. The van der Waals surface area contributed by atoms with Gasteiger partial charge in [-0.25, -0.2) is 9.59 Å². The van der Waals surface area contributed by atoms with Crippen molar-refractivity contribution in [1.82, 2.24) is 0 Å². The number of hydrogen-bond acceptors (Lipinski definition) is 4. The van der Waals surface area contributed by atoms with Crippen molar-refractivity contribution in [3.63, 3.8) is 0 Å². The summed E-state index contributed by atoms with van der Waals surface area (Å²) < 4.78 is 10.0. The van der Waals surface area contributed by atoms with Crippen LogP contribution in [-0.4, -0.2) is 62.2 Å². The van der Waals surface area contributed by atoms with Gasteiger partial charge < -0.3 is 14.0 Å². The van der Waals surface area contributed by atoms with Gasteiger partial charge in [0.15, 0.2) is 0 Å². The maximum atomic E-state index is 11.5. The van der Waals surface area contributed by atoms with Gasteiger partial charge in [-0.15, -0.1) is 17.0 Å². The van der Waals surface area contributed by atoms with Gasteiger partial charge in [0.1, 0.15) is 6.54 Å². The molecule has 0 fully saturated rings. The summed E-state index contributed by atoms with van der Waals surface area (Å²) in [6.07, 6.45) is 3.40. The van der Waals surface area contributed by atoms with E-state index in [4.69, 9.17) is 4.74 Å². The SMILES string of the molecule is Br.C=C(CBr)C(=O)OC.C=C(C[N+](CCC)(CCC)CCC)C(=O)OC. The van der Waals surface area contributed by atoms with Crippen LogP contribution in [0.3, 0.4) is 0 Å². The van der Waals surface area contributed by atoms with Gasteiger partial charge in [-0.3, -0.25) is 0 Å². The molecule has 0 unspecified atom stereocenters. The van der Waals surface area contributed by atoms with Gasteiger partial charge in [0.2, 0.25) is 0 Å². The van der Waals surface area contributed by atoms with Crippen molar-refractivity contribution in [2.24, 2.45) is 0 Å². The predicted octanol–water partition coefficient (Wildman–Crippen LogP) is 4.45. The summed E-state index contributed by atoms with van der Waals surface area (Å²) in [5.41, 5.74) is 1.04. The van der Waals surface area contributed by atoms with E-state index in [1.165, 1.54) is 14.2 Å². The number of hydrogen-bond donors (Lipinski definition) is 0. The smallest absolute Gasteiger partial charge is 0.338 e. The summed E-state index contributed by atoms with van der Waals surface area (Å²) in [5.74, 6) is -0.627. The van der Waals surface area contributed by atoms with E-state index < -0.39 is 0 Å². The van der Waals surface area contributed by atoms with Crippen LogP contribution >= 0.6 is 32.9 Å². The fourth-order valence-corrected chi connectivity index (χ4v) is 3.04. The highest BCUT2D eigenvalue weighted by Gasteiger charge is 2.27. The van der Waals surface area contributed by atoms with Crippen molar-refractivity contribution < 1.29 is 23.5 Å². The summed E-state index contributed by atoms with van der Waals surface area (Å²) >= 11 is 3.06. The first-order chi connectivity index (χ1) is 11.8. The Balaban J connectivity index is -0.000000498. The molecule has 0 aliphatic rings. The molecule has 154 valence electrons. The lowest BCUT2D eigenvalue weighted by atomic mass is 10.1. The second-order valence-corrected chi connectivity index (χ2v) is 6.56. The Labute approximate surface area is 178 Å². The largest absolute Gasteiger partial charge is 0.466 e. The second-order valence-electron chi connectivity index (χ2n) is 5.99. The molecule has 0 atom stereocenters. The molecule has 7 heteroatoms. The van der Waals surface area contributed by atoms with Crippen LogP contribution < -0.4 is 0 Å². The van der Waals surface area contributed by atoms with Crippen LogP contribution in [0.1, 0.15) is 40.0 Å². The maximum absolute atomic E-state index is 11.5. The van der Waals surface area contributed by atoms with E-state index in [1.807, 2.05) is 0 Å². The Morgan fingerprint density at radius 2 is 1.19 bits per heavy atom. The summed E-state index contributed by atoms with van der Waals surface area (Å²) in [4.78, 5) is 21.9. The Bertz CT molecular complexity index is 408. The van der Waals surface area contributed by atoms with Gasteiger partial charge in [-0.05, 0) is 19.3 Å². The highest BCUT2D eigenvalue weighted by Crippen LogP contribution is 2.15. The van der Waals surface area contributed by atoms with Gasteiger partial charge in [0, 0.05) is 10.9 Å². The Morgan fingerprint density at radius 3 is 1.42 bits per heavy atom. The highest BCUT2D eigenvalue weighted by atomic mass is 79.9. The third kappa shape index (κ3) is 12.7. The van der Waals surface area contributed by atoms with Crippen LogP contribution in [-0.2, 0) is 19.1 Å². The standard InChI is InChI=1S/C14H28NO2.C5H7BrO2.BrH/c1-6-9-15(10-7-2,11-8-3)12-13(4)14(16)17-5;1-4(3-6)5(7)8-2;/h4,6-12H2,1-3,5H3;1,3H2,2H3;1H/q+1;;. The number of quaternary nitrogens is 1. The van der Waals surface area contributed by atoms with Crippen LogP contribution in [0.2, 0.25) is 0 Å². The number of methoxy groups -OCH3 is 2. The Kier molecular flexibility index (Phi) is 20.5. The van der Waals surface area contributed by atoms with Gasteiger partial charge in [0.25, 0.3) is 0 Å². The molecule has 26 heavy (non-hydrogen) atoms. The van der Waals surface area contributed by atoms with E-state index in [2.05, 4.69) is 54.6 Å². The minimum Gasteiger partial charge on any atom is -0.466 e. The maximum Gasteiger partial charge on any atom is 0.338 e. The molecule has 0 heterocycles. The van der Waals surface area contributed by atoms with Crippen molar-refractivity contribution in [3.8, 4) is 0 Å². The first-order valence-electron chi connectivity index (χ1n) is 8.70. The fourth-order valence-electron chi connectivity index (χ4n) is 2.81. The van der Waals surface area contributed by atoms with Crippen molar-refractivity contribution in [3.05, 3.63) is 24.3 Å². The van der Waals surface area contributed by atoms with E-state index in [1.54, 1.807) is 0 Å². The fraction of sp³-hybridized carbons (Fsp3) is 0.684. The Morgan fingerprint density at radius 1 is 0.846 bits per heavy atom. The average Bonchev–Trinajstić information content (AvgIpc) is 2.60. The van der Waals surface area contributed by atoms with Crippen LogP contribution in [0.15, 0.2) is 24.3 Å². The Hall–Kier alpha value is -0.660. The second kappa shape index (κ2) is 17.7. The number of rotatable bonds is 11. The topological polar surface area (TPSA) is 52.6 Å². The number of alkyl halides is 1. The molecule has 0 aromatic heterocycles. The minimum atomic E-state index is -0.359. The lowest BCUT2D eigenvalue weighted by Crippen LogP contribution is -2.51. The quantitative estimate of drug-likeness (QED) is 0.181. The molecule has 0 amide bonds. The lowest BCUT2D eigenvalue weighted by Gasteiger charge is -2.38. The molecule has 0 N–H and O–H groups in total. The summed E-state index contributed by atoms with van der Waals surface area (Å²) in [5, 5.41) is 0.472. The number of esters is 2. The minimum absolute atomic E-state index is 0. The zero-order chi connectivity index (χ0) is 19.9. The molecule has 0 radical (unpaired) electrons. The first kappa shape index (κ1) is 30.1. The molecule has 0 aromatic rings. The molecule has 0 rings (SSSR count). The number of nitrogens with zero attached hydrogens (tertiary/aromatic N) is 1. The zero-order valence-electron chi connectivity index (χ0n) is 16.9. The van der Waals surface area contributed by atoms with Gasteiger partial charge in [-0.2, -0.15) is 0 Å². The summed E-state index contributed by atoms with van der Waals surface area (Å²) in [6, 6.07) is 0. The number of ether oxygens (including phenoxy) is 2. The van der Waals surface area contributed by atoms with Crippen molar-refractivity contribution in [2.45, 2.75) is 40.0 Å². The molecule has 0 aliphatic heterocycles. The molecule has 0 saturated carbocycles. The van der Waals surface area contributed by atoms with Gasteiger partial charge in [0.05, 0.1) is 39.4 Å². The summed E-state index contributed by atoms with van der Waals surface area (Å²) in [7, 11) is 2.75. The molecule has 0 aromatic carbocycles. The van der Waals surface area contributed by atoms with E-state index in [-0.39, 0.29) is 28.9 Å². The van der Waals surface area contributed by atoms with Crippen LogP contribution in [0.25, 0.3) is 0 Å². The van der Waals surface area contributed by atoms with E-state index in [9.17, 15) is 9.59 Å². The van der Waals surface area contributed by atoms with Crippen molar-refractivity contribution in [1.29, 1.82) is 0 Å². The predicted molar refractivity (Wildman–Crippen MR) is 117 cm³/mol.